The highest BCUT2D eigenvalue weighted by atomic mass is 16.2. The number of aryl methyl sites for hydroxylation is 1. The van der Waals surface area contributed by atoms with Crippen molar-refractivity contribution in [3.63, 3.8) is 0 Å². The van der Waals surface area contributed by atoms with Gasteiger partial charge in [0.25, 0.3) is 0 Å². The van der Waals surface area contributed by atoms with Gasteiger partial charge in [0, 0.05) is 37.6 Å². The molecule has 2 amide bonds. The molecule has 0 aromatic heterocycles. The fourth-order valence-corrected chi connectivity index (χ4v) is 2.91. The topological polar surface area (TPSA) is 44.4 Å². The lowest BCUT2D eigenvalue weighted by atomic mass is 10.00. The summed E-state index contributed by atoms with van der Waals surface area (Å²) in [7, 11) is 3.75. The summed E-state index contributed by atoms with van der Waals surface area (Å²) < 4.78 is 0. The van der Waals surface area contributed by atoms with Gasteiger partial charge in [-0.05, 0) is 30.9 Å². The lowest BCUT2D eigenvalue weighted by molar-refractivity contribution is 0.211. The quantitative estimate of drug-likeness (QED) is 0.438. The summed E-state index contributed by atoms with van der Waals surface area (Å²) in [5.41, 5.74) is 5.78. The number of carbonyl (C=O) groups excluding carboxylic acids is 1. The minimum absolute atomic E-state index is 0.0948. The van der Waals surface area contributed by atoms with Crippen molar-refractivity contribution < 1.29 is 4.79 Å². The smallest absolute Gasteiger partial charge is 0.321 e. The fraction of sp³-hybridized carbons (Fsp3) is 0.500. The van der Waals surface area contributed by atoms with Crippen molar-refractivity contribution >= 4 is 11.7 Å². The van der Waals surface area contributed by atoms with E-state index in [2.05, 4.69) is 61.4 Å². The van der Waals surface area contributed by atoms with Crippen molar-refractivity contribution in [3.05, 3.63) is 77.5 Å². The molecule has 1 aromatic rings. The maximum Gasteiger partial charge on any atom is 0.321 e. The Morgan fingerprint density at radius 3 is 2.21 bits per heavy atom. The maximum atomic E-state index is 11.1. The number of allylic oxidation sites excluding steroid dienone is 4. The Hall–Kier alpha value is -2.75. The summed E-state index contributed by atoms with van der Waals surface area (Å²) in [6.07, 6.45) is 11.5. The molecule has 4 heteroatoms. The third-order valence-corrected chi connectivity index (χ3v) is 4.39. The number of hydrogen-bond acceptors (Lipinski definition) is 2. The van der Waals surface area contributed by atoms with E-state index in [0.717, 1.165) is 18.4 Å². The molecule has 0 unspecified atom stereocenters. The van der Waals surface area contributed by atoms with Crippen LogP contribution in [0.25, 0.3) is 5.70 Å². The Balaban J connectivity index is -0.000000466. The summed E-state index contributed by atoms with van der Waals surface area (Å²) in [6.45, 7) is 22.7. The summed E-state index contributed by atoms with van der Waals surface area (Å²) >= 11 is 0. The normalized spacial score (nSPS) is 13.8. The van der Waals surface area contributed by atoms with E-state index in [1.165, 1.54) is 23.2 Å². The Bertz CT molecular complexity index is 745. The molecule has 1 saturated heterocycles. The van der Waals surface area contributed by atoms with Gasteiger partial charge in [-0.25, -0.2) is 4.79 Å². The Kier molecular flexibility index (Phi) is 26.2. The molecule has 0 aliphatic carbocycles. The van der Waals surface area contributed by atoms with E-state index in [1.807, 2.05) is 73.7 Å². The zero-order valence-corrected chi connectivity index (χ0v) is 24.0. The van der Waals surface area contributed by atoms with Gasteiger partial charge in [0.15, 0.2) is 0 Å². The average molecular weight is 472 g/mol. The molecule has 34 heavy (non-hydrogen) atoms. The number of rotatable bonds is 6. The molecule has 0 bridgehead atoms. The minimum Gasteiger partial charge on any atom is -0.388 e. The number of urea groups is 1. The number of carbonyl (C=O) groups is 1. The summed E-state index contributed by atoms with van der Waals surface area (Å²) in [5, 5.41) is 5.96. The van der Waals surface area contributed by atoms with Crippen LogP contribution in [0.5, 0.6) is 0 Å². The highest BCUT2D eigenvalue weighted by molar-refractivity contribution is 5.79. The van der Waals surface area contributed by atoms with Gasteiger partial charge in [-0.15, -0.1) is 0 Å². The van der Waals surface area contributed by atoms with Crippen LogP contribution in [0.1, 0.15) is 86.3 Å². The van der Waals surface area contributed by atoms with Crippen LogP contribution in [0.4, 0.5) is 4.79 Å². The lowest BCUT2D eigenvalue weighted by Crippen LogP contribution is -2.43. The molecular weight excluding hydrogens is 418 g/mol. The van der Waals surface area contributed by atoms with Gasteiger partial charge in [0.1, 0.15) is 0 Å². The Labute approximate surface area is 211 Å². The Morgan fingerprint density at radius 2 is 1.71 bits per heavy atom. The highest BCUT2D eigenvalue weighted by Gasteiger charge is 2.19. The highest BCUT2D eigenvalue weighted by Crippen LogP contribution is 2.18. The van der Waals surface area contributed by atoms with Crippen molar-refractivity contribution in [2.24, 2.45) is 0 Å². The molecule has 1 heterocycles. The molecule has 4 nitrogen and oxygen atoms in total. The molecule has 2 rings (SSSR count). The number of hydrogen-bond donors (Lipinski definition) is 2. The van der Waals surface area contributed by atoms with Crippen LogP contribution in [-0.4, -0.2) is 31.6 Å². The Morgan fingerprint density at radius 1 is 1.12 bits per heavy atom. The van der Waals surface area contributed by atoms with E-state index in [1.54, 1.807) is 11.9 Å². The second-order valence-corrected chi connectivity index (χ2v) is 6.67. The summed E-state index contributed by atoms with van der Waals surface area (Å²) in [4.78, 5) is 12.7. The van der Waals surface area contributed by atoms with E-state index in [4.69, 9.17) is 0 Å². The third kappa shape index (κ3) is 14.4. The standard InChI is InChI=1S/C14H21N.C10H14N2O.3C2H6/c1-4-8-12-10-6-7-11-13(12)14(15-3)9-5-2;1-4-5-6-9-7-12(3)10(13)11-8(9)2;3*1-2/h6-7,9-11,15H,4-5,8H2,1-3H3;4-6H,2,7H2,1,3H3,(H,11,13);3*1-2H3/b14-9-;5-4-,9-6-;;;. The molecule has 1 fully saturated rings. The molecule has 2 N–H and O–H groups in total. The molecule has 1 aromatic carbocycles. The second-order valence-electron chi connectivity index (χ2n) is 6.67. The number of amides is 2. The zero-order valence-electron chi connectivity index (χ0n) is 24.0. The van der Waals surface area contributed by atoms with Crippen LogP contribution in [0.15, 0.2) is 66.4 Å². The number of nitrogens with one attached hydrogen (secondary N) is 2. The van der Waals surface area contributed by atoms with Gasteiger partial charge >= 0.3 is 6.03 Å². The summed E-state index contributed by atoms with van der Waals surface area (Å²) in [6, 6.07) is 8.55. The first kappa shape index (κ1) is 35.8. The van der Waals surface area contributed by atoms with Crippen molar-refractivity contribution in [2.45, 2.75) is 81.6 Å². The van der Waals surface area contributed by atoms with E-state index in [-0.39, 0.29) is 6.03 Å². The first-order valence-corrected chi connectivity index (χ1v) is 13.0. The lowest BCUT2D eigenvalue weighted by Gasteiger charge is -2.27. The van der Waals surface area contributed by atoms with Gasteiger partial charge in [-0.3, -0.25) is 0 Å². The van der Waals surface area contributed by atoms with Crippen LogP contribution < -0.4 is 10.6 Å². The number of likely N-dealkylation sites (N-methyl/N-ethyl adjacent to an activating group) is 1. The second kappa shape index (κ2) is 24.9. The zero-order chi connectivity index (χ0) is 26.9. The monoisotopic (exact) mass is 471 g/mol. The van der Waals surface area contributed by atoms with E-state index >= 15 is 0 Å². The van der Waals surface area contributed by atoms with Crippen LogP contribution >= 0.6 is 0 Å². The predicted octanol–water partition coefficient (Wildman–Crippen LogP) is 8.35. The molecule has 0 spiro atoms. The van der Waals surface area contributed by atoms with Crippen LogP contribution in [0, 0.1) is 0 Å². The van der Waals surface area contributed by atoms with E-state index in [0.29, 0.717) is 12.2 Å². The van der Waals surface area contributed by atoms with Crippen LogP contribution in [0.3, 0.4) is 0 Å². The van der Waals surface area contributed by atoms with Crippen molar-refractivity contribution in [1.82, 2.24) is 15.5 Å². The van der Waals surface area contributed by atoms with Gasteiger partial charge in [-0.1, -0.05) is 117 Å². The first-order valence-electron chi connectivity index (χ1n) is 13.0. The SMILES string of the molecule is C=C1NC(=O)N(C)C/C1=C/C=C\C.CC.CC.CC.CC/C=C(\NC)c1ccccc1CCC. The molecule has 1 aliphatic rings. The number of nitrogens with zero attached hydrogens (tertiary/aromatic N) is 1. The molecule has 194 valence electrons. The van der Waals surface area contributed by atoms with E-state index < -0.39 is 0 Å². The van der Waals surface area contributed by atoms with Crippen LogP contribution in [-0.2, 0) is 6.42 Å². The maximum absolute atomic E-state index is 11.1. The van der Waals surface area contributed by atoms with Gasteiger partial charge in [0.2, 0.25) is 0 Å². The first-order chi connectivity index (χ1) is 16.5. The predicted molar refractivity (Wildman–Crippen MR) is 155 cm³/mol. The van der Waals surface area contributed by atoms with Crippen molar-refractivity contribution in [3.8, 4) is 0 Å². The van der Waals surface area contributed by atoms with Gasteiger partial charge in [0.05, 0.1) is 0 Å². The van der Waals surface area contributed by atoms with Gasteiger partial charge in [-0.2, -0.15) is 0 Å². The molecule has 0 radical (unpaired) electrons. The van der Waals surface area contributed by atoms with Crippen LogP contribution in [0.2, 0.25) is 0 Å². The third-order valence-electron chi connectivity index (χ3n) is 4.39. The fourth-order valence-electron chi connectivity index (χ4n) is 2.91. The van der Waals surface area contributed by atoms with E-state index in [9.17, 15) is 4.79 Å². The largest absolute Gasteiger partial charge is 0.388 e. The molecular formula is C30H53N3O. The molecule has 0 atom stereocenters. The summed E-state index contributed by atoms with van der Waals surface area (Å²) in [5.74, 6) is 0. The average Bonchev–Trinajstić information content (AvgIpc) is 2.88. The van der Waals surface area contributed by atoms with Crippen molar-refractivity contribution in [1.29, 1.82) is 0 Å². The van der Waals surface area contributed by atoms with Crippen molar-refractivity contribution in [2.75, 3.05) is 20.6 Å². The van der Waals surface area contributed by atoms with Gasteiger partial charge < -0.3 is 15.5 Å². The molecule has 0 saturated carbocycles. The number of benzene rings is 1. The molecule has 1 aliphatic heterocycles. The minimum atomic E-state index is -0.0948.